The normalized spacial score (nSPS) is 14.6. The van der Waals surface area contributed by atoms with Gasteiger partial charge >= 0.3 is 0 Å². The van der Waals surface area contributed by atoms with Gasteiger partial charge in [-0.25, -0.2) is 0 Å². The zero-order chi connectivity index (χ0) is 21.2. The van der Waals surface area contributed by atoms with E-state index in [4.69, 9.17) is 14.2 Å². The molecule has 0 saturated carbocycles. The van der Waals surface area contributed by atoms with Crippen molar-refractivity contribution in [1.29, 1.82) is 0 Å². The summed E-state index contributed by atoms with van der Waals surface area (Å²) >= 11 is 0. The van der Waals surface area contributed by atoms with Gasteiger partial charge < -0.3 is 29.3 Å². The number of rotatable bonds is 8. The van der Waals surface area contributed by atoms with Crippen LogP contribution < -0.4 is 19.7 Å². The van der Waals surface area contributed by atoms with Crippen molar-refractivity contribution in [3.63, 3.8) is 0 Å². The molecule has 1 saturated heterocycles. The first-order valence-corrected chi connectivity index (χ1v) is 10.3. The Morgan fingerprint density at radius 3 is 2.40 bits per heavy atom. The Bertz CT molecular complexity index is 802. The van der Waals surface area contributed by atoms with Gasteiger partial charge in [-0.3, -0.25) is 4.99 Å². The van der Waals surface area contributed by atoms with E-state index in [1.807, 2.05) is 31.3 Å². The van der Waals surface area contributed by atoms with Crippen LogP contribution in [0.5, 0.6) is 11.5 Å². The maximum absolute atomic E-state index is 5.61. The lowest BCUT2D eigenvalue weighted by Crippen LogP contribution is -2.52. The minimum atomic E-state index is 0.558. The smallest absolute Gasteiger partial charge is 0.194 e. The Hall–Kier alpha value is -2.93. The molecule has 1 N–H and O–H groups in total. The number of nitrogens with one attached hydrogen (secondary N) is 1. The van der Waals surface area contributed by atoms with Crippen LogP contribution in [0.4, 0.5) is 5.69 Å². The lowest BCUT2D eigenvalue weighted by Gasteiger charge is -2.37. The average molecular weight is 413 g/mol. The second-order valence-electron chi connectivity index (χ2n) is 7.06. The Morgan fingerprint density at radius 1 is 0.967 bits per heavy atom. The van der Waals surface area contributed by atoms with Crippen LogP contribution in [0.1, 0.15) is 5.56 Å². The number of nitrogens with zero attached hydrogens (tertiary/aromatic N) is 3. The summed E-state index contributed by atoms with van der Waals surface area (Å²) in [4.78, 5) is 9.16. The van der Waals surface area contributed by atoms with Gasteiger partial charge in [-0.05, 0) is 29.8 Å². The van der Waals surface area contributed by atoms with Gasteiger partial charge in [-0.15, -0.1) is 0 Å². The van der Waals surface area contributed by atoms with Gasteiger partial charge in [0.15, 0.2) is 5.96 Å². The number of hydrogen-bond acceptors (Lipinski definition) is 5. The fraction of sp³-hybridized carbons (Fsp3) is 0.435. The van der Waals surface area contributed by atoms with E-state index in [9.17, 15) is 0 Å². The molecule has 3 rings (SSSR count). The summed E-state index contributed by atoms with van der Waals surface area (Å²) in [6.07, 6.45) is 0. The molecule has 0 atom stereocenters. The fourth-order valence-corrected chi connectivity index (χ4v) is 3.44. The Morgan fingerprint density at radius 2 is 1.73 bits per heavy atom. The predicted molar refractivity (Wildman–Crippen MR) is 121 cm³/mol. The van der Waals surface area contributed by atoms with Crippen LogP contribution in [0.25, 0.3) is 0 Å². The maximum atomic E-state index is 5.61. The molecule has 0 amide bonds. The van der Waals surface area contributed by atoms with E-state index in [1.54, 1.807) is 14.2 Å². The molecule has 1 aliphatic heterocycles. The molecule has 7 nitrogen and oxygen atoms in total. The molecule has 0 aliphatic carbocycles. The number of anilines is 1. The van der Waals surface area contributed by atoms with Crippen LogP contribution in [-0.2, 0) is 11.3 Å². The first-order valence-electron chi connectivity index (χ1n) is 10.3. The molecular weight excluding hydrogens is 380 g/mol. The summed E-state index contributed by atoms with van der Waals surface area (Å²) in [5.74, 6) is 2.68. The van der Waals surface area contributed by atoms with E-state index in [0.717, 1.165) is 50.2 Å². The molecule has 0 bridgehead atoms. The highest BCUT2D eigenvalue weighted by Gasteiger charge is 2.20. The maximum Gasteiger partial charge on any atom is 0.194 e. The summed E-state index contributed by atoms with van der Waals surface area (Å²) in [6.45, 7) is 5.60. The third-order valence-electron chi connectivity index (χ3n) is 5.14. The number of ether oxygens (including phenoxy) is 3. The van der Waals surface area contributed by atoms with Gasteiger partial charge in [0.25, 0.3) is 0 Å². The molecule has 162 valence electrons. The van der Waals surface area contributed by atoms with Crippen molar-refractivity contribution in [3.05, 3.63) is 54.1 Å². The first-order chi connectivity index (χ1) is 14.7. The van der Waals surface area contributed by atoms with Crippen LogP contribution in [0, 0.1) is 0 Å². The molecule has 1 aliphatic rings. The van der Waals surface area contributed by atoms with E-state index in [1.165, 1.54) is 11.3 Å². The predicted octanol–water partition coefficient (Wildman–Crippen LogP) is 2.62. The van der Waals surface area contributed by atoms with Crippen molar-refractivity contribution >= 4 is 11.6 Å². The van der Waals surface area contributed by atoms with Gasteiger partial charge in [-0.2, -0.15) is 0 Å². The number of aliphatic imine (C=N–C) groups is 1. The van der Waals surface area contributed by atoms with Gasteiger partial charge in [0.1, 0.15) is 18.1 Å². The minimum absolute atomic E-state index is 0.558. The second-order valence-corrected chi connectivity index (χ2v) is 7.06. The standard InChI is InChI=1S/C23H32N4O3/c1-24-23(25-18-19-7-9-21(10-8-19)30-16-15-28-2)27-13-11-26(12-14-27)20-5-4-6-22(17-20)29-3/h4-10,17H,11-16,18H2,1-3H3,(H,24,25). The van der Waals surface area contributed by atoms with Crippen LogP contribution in [0.3, 0.4) is 0 Å². The molecule has 0 unspecified atom stereocenters. The molecule has 0 radical (unpaired) electrons. The molecule has 7 heteroatoms. The molecule has 2 aromatic carbocycles. The van der Waals surface area contributed by atoms with Crippen LogP contribution in [0.2, 0.25) is 0 Å². The molecule has 0 aromatic heterocycles. The zero-order valence-electron chi connectivity index (χ0n) is 18.1. The third kappa shape index (κ3) is 6.03. The zero-order valence-corrected chi connectivity index (χ0v) is 18.1. The van der Waals surface area contributed by atoms with Gasteiger partial charge in [-0.1, -0.05) is 18.2 Å². The average Bonchev–Trinajstić information content (AvgIpc) is 2.81. The fourth-order valence-electron chi connectivity index (χ4n) is 3.44. The molecule has 1 fully saturated rings. The van der Waals surface area contributed by atoms with Crippen molar-refractivity contribution in [3.8, 4) is 11.5 Å². The van der Waals surface area contributed by atoms with Gasteiger partial charge in [0.2, 0.25) is 0 Å². The van der Waals surface area contributed by atoms with E-state index in [-0.39, 0.29) is 0 Å². The Kier molecular flexibility index (Phi) is 8.20. The number of hydrogen-bond donors (Lipinski definition) is 1. The topological polar surface area (TPSA) is 58.6 Å². The number of benzene rings is 2. The van der Waals surface area contributed by atoms with Crippen molar-refractivity contribution in [2.24, 2.45) is 4.99 Å². The van der Waals surface area contributed by atoms with Crippen LogP contribution in [-0.4, -0.2) is 71.5 Å². The lowest BCUT2D eigenvalue weighted by molar-refractivity contribution is 0.146. The summed E-state index contributed by atoms with van der Waals surface area (Å²) < 4.78 is 16.0. The summed E-state index contributed by atoms with van der Waals surface area (Å²) in [5.41, 5.74) is 2.38. The molecular formula is C23H32N4O3. The Labute approximate surface area is 179 Å². The van der Waals surface area contributed by atoms with Crippen molar-refractivity contribution < 1.29 is 14.2 Å². The van der Waals surface area contributed by atoms with Crippen molar-refractivity contribution in [2.75, 3.05) is 65.6 Å². The van der Waals surface area contributed by atoms with Gasteiger partial charge in [0.05, 0.1) is 13.7 Å². The minimum Gasteiger partial charge on any atom is -0.497 e. The Balaban J connectivity index is 1.47. The van der Waals surface area contributed by atoms with E-state index in [0.29, 0.717) is 13.2 Å². The van der Waals surface area contributed by atoms with E-state index < -0.39 is 0 Å². The quantitative estimate of drug-likeness (QED) is 0.409. The van der Waals surface area contributed by atoms with Gasteiger partial charge in [0, 0.05) is 58.6 Å². The number of guanidine groups is 1. The second kappa shape index (κ2) is 11.3. The highest BCUT2D eigenvalue weighted by molar-refractivity contribution is 5.80. The highest BCUT2D eigenvalue weighted by Crippen LogP contribution is 2.22. The van der Waals surface area contributed by atoms with E-state index in [2.05, 4.69) is 44.4 Å². The van der Waals surface area contributed by atoms with E-state index >= 15 is 0 Å². The SMILES string of the molecule is CN=C(NCc1ccc(OCCOC)cc1)N1CCN(c2cccc(OC)c2)CC1. The molecule has 1 heterocycles. The summed E-state index contributed by atoms with van der Waals surface area (Å²) in [5, 5.41) is 3.48. The van der Waals surface area contributed by atoms with Crippen molar-refractivity contribution in [2.45, 2.75) is 6.54 Å². The summed E-state index contributed by atoms with van der Waals surface area (Å²) in [7, 11) is 5.21. The molecule has 30 heavy (non-hydrogen) atoms. The first kappa shape index (κ1) is 21.8. The highest BCUT2D eigenvalue weighted by atomic mass is 16.5. The largest absolute Gasteiger partial charge is 0.497 e. The lowest BCUT2D eigenvalue weighted by atomic mass is 10.2. The van der Waals surface area contributed by atoms with Crippen LogP contribution >= 0.6 is 0 Å². The molecule has 0 spiro atoms. The number of methoxy groups -OCH3 is 2. The monoisotopic (exact) mass is 412 g/mol. The van der Waals surface area contributed by atoms with Crippen LogP contribution in [0.15, 0.2) is 53.5 Å². The third-order valence-corrected chi connectivity index (χ3v) is 5.14. The molecule has 2 aromatic rings. The number of piperazine rings is 1. The van der Waals surface area contributed by atoms with Crippen molar-refractivity contribution in [1.82, 2.24) is 10.2 Å². The summed E-state index contributed by atoms with van der Waals surface area (Å²) in [6, 6.07) is 16.4.